The van der Waals surface area contributed by atoms with E-state index in [0.29, 0.717) is 17.3 Å². The summed E-state index contributed by atoms with van der Waals surface area (Å²) in [5.41, 5.74) is 1.08. The maximum Gasteiger partial charge on any atom is 0.258 e. The fourth-order valence-corrected chi connectivity index (χ4v) is 1.95. The molecule has 0 aliphatic heterocycles. The number of nitrogens with one attached hydrogen (secondary N) is 2. The van der Waals surface area contributed by atoms with Crippen molar-refractivity contribution in [2.75, 3.05) is 19.7 Å². The largest absolute Gasteiger partial charge is 0.482 e. The number of benzene rings is 1. The Kier molecular flexibility index (Phi) is 7.12. The number of amides is 1. The number of ether oxygens (including phenoxy) is 1. The molecule has 0 fully saturated rings. The smallest absolute Gasteiger partial charge is 0.258 e. The second-order valence-electron chi connectivity index (χ2n) is 4.35. The third-order valence-electron chi connectivity index (χ3n) is 2.77. The molecule has 0 aliphatic rings. The average Bonchev–Trinajstić information content (AvgIpc) is 2.43. The molecule has 110 valence electrons. The molecule has 20 heavy (non-hydrogen) atoms. The molecule has 1 amide bonds. The van der Waals surface area contributed by atoms with Gasteiger partial charge in [0, 0.05) is 12.6 Å². The summed E-state index contributed by atoms with van der Waals surface area (Å²) in [4.78, 5) is 11.4. The zero-order valence-corrected chi connectivity index (χ0v) is 12.7. The summed E-state index contributed by atoms with van der Waals surface area (Å²) in [6.07, 6.45) is 1.61. The first-order valence-corrected chi connectivity index (χ1v) is 6.99. The highest BCUT2D eigenvalue weighted by Gasteiger charge is 2.09. The van der Waals surface area contributed by atoms with E-state index in [-0.39, 0.29) is 18.6 Å². The van der Waals surface area contributed by atoms with E-state index in [2.05, 4.69) is 31.1 Å². The molecule has 4 nitrogen and oxygen atoms in total. The zero-order chi connectivity index (χ0) is 15.0. The molecule has 0 bridgehead atoms. The van der Waals surface area contributed by atoms with Gasteiger partial charge in [0.2, 0.25) is 0 Å². The SMILES string of the molecule is C=CCNC(=O)COc1ccc(C(C)NCC)cc1Cl. The van der Waals surface area contributed by atoms with Crippen LogP contribution in [0, 0.1) is 0 Å². The van der Waals surface area contributed by atoms with Crippen molar-refractivity contribution in [2.24, 2.45) is 0 Å². The average molecular weight is 297 g/mol. The van der Waals surface area contributed by atoms with Gasteiger partial charge in [-0.05, 0) is 31.2 Å². The lowest BCUT2D eigenvalue weighted by Gasteiger charge is -2.14. The van der Waals surface area contributed by atoms with Gasteiger partial charge in [0.05, 0.1) is 5.02 Å². The van der Waals surface area contributed by atoms with Crippen LogP contribution in [0.5, 0.6) is 5.75 Å². The Labute approximate surface area is 125 Å². The molecule has 0 saturated heterocycles. The number of hydrogen-bond donors (Lipinski definition) is 2. The molecule has 0 radical (unpaired) electrons. The first kappa shape index (κ1) is 16.5. The summed E-state index contributed by atoms with van der Waals surface area (Å²) in [6.45, 7) is 8.90. The van der Waals surface area contributed by atoms with Crippen LogP contribution in [-0.4, -0.2) is 25.6 Å². The molecule has 0 spiro atoms. The predicted octanol–water partition coefficient (Wildman–Crippen LogP) is 2.69. The number of carbonyl (C=O) groups is 1. The maximum atomic E-state index is 11.4. The zero-order valence-electron chi connectivity index (χ0n) is 11.9. The number of carbonyl (C=O) groups excluding carboxylic acids is 1. The van der Waals surface area contributed by atoms with Gasteiger partial charge in [-0.2, -0.15) is 0 Å². The number of halogens is 1. The quantitative estimate of drug-likeness (QED) is 0.725. The van der Waals surface area contributed by atoms with E-state index in [9.17, 15) is 4.79 Å². The topological polar surface area (TPSA) is 50.4 Å². The van der Waals surface area contributed by atoms with Gasteiger partial charge in [-0.1, -0.05) is 30.7 Å². The van der Waals surface area contributed by atoms with E-state index < -0.39 is 0 Å². The Morgan fingerprint density at radius 3 is 2.90 bits per heavy atom. The van der Waals surface area contributed by atoms with Gasteiger partial charge in [-0.3, -0.25) is 4.79 Å². The fraction of sp³-hybridized carbons (Fsp3) is 0.400. The van der Waals surface area contributed by atoms with E-state index in [1.165, 1.54) is 0 Å². The molecule has 2 N–H and O–H groups in total. The standard InChI is InChI=1S/C15H21ClN2O2/c1-4-8-18-15(19)10-20-14-7-6-12(9-13(14)16)11(3)17-5-2/h4,6-7,9,11,17H,1,5,8,10H2,2-3H3,(H,18,19). The van der Waals surface area contributed by atoms with Crippen LogP contribution in [0.3, 0.4) is 0 Å². The van der Waals surface area contributed by atoms with Crippen LogP contribution in [-0.2, 0) is 4.79 Å². The Morgan fingerprint density at radius 1 is 1.55 bits per heavy atom. The first-order chi connectivity index (χ1) is 9.58. The van der Waals surface area contributed by atoms with Crippen molar-refractivity contribution < 1.29 is 9.53 Å². The Morgan fingerprint density at radius 2 is 2.30 bits per heavy atom. The Bertz CT molecular complexity index is 463. The summed E-state index contributed by atoms with van der Waals surface area (Å²) >= 11 is 6.16. The van der Waals surface area contributed by atoms with Gasteiger partial charge in [0.25, 0.3) is 5.91 Å². The van der Waals surface area contributed by atoms with Crippen molar-refractivity contribution in [3.05, 3.63) is 41.4 Å². The molecule has 0 aromatic heterocycles. The molecule has 1 unspecified atom stereocenters. The van der Waals surface area contributed by atoms with Crippen LogP contribution < -0.4 is 15.4 Å². The monoisotopic (exact) mass is 296 g/mol. The van der Waals surface area contributed by atoms with Gasteiger partial charge in [-0.25, -0.2) is 0 Å². The summed E-state index contributed by atoms with van der Waals surface area (Å²) in [5, 5.41) is 6.45. The number of rotatable bonds is 8. The molecular formula is C15H21ClN2O2. The van der Waals surface area contributed by atoms with Crippen LogP contribution in [0.1, 0.15) is 25.5 Å². The van der Waals surface area contributed by atoms with Gasteiger partial charge in [0.1, 0.15) is 5.75 Å². The van der Waals surface area contributed by atoms with Crippen LogP contribution in [0.2, 0.25) is 5.02 Å². The van der Waals surface area contributed by atoms with Crippen molar-refractivity contribution >= 4 is 17.5 Å². The highest BCUT2D eigenvalue weighted by atomic mass is 35.5. The fourth-order valence-electron chi connectivity index (χ4n) is 1.71. The minimum absolute atomic E-state index is 0.0599. The summed E-state index contributed by atoms with van der Waals surface area (Å²) in [6, 6.07) is 5.80. The van der Waals surface area contributed by atoms with Gasteiger partial charge >= 0.3 is 0 Å². The maximum absolute atomic E-state index is 11.4. The van der Waals surface area contributed by atoms with E-state index in [1.807, 2.05) is 12.1 Å². The highest BCUT2D eigenvalue weighted by molar-refractivity contribution is 6.32. The van der Waals surface area contributed by atoms with Crippen molar-refractivity contribution in [3.8, 4) is 5.75 Å². The molecule has 1 atom stereocenters. The van der Waals surface area contributed by atoms with Crippen LogP contribution in [0.15, 0.2) is 30.9 Å². The molecule has 0 saturated carbocycles. The number of hydrogen-bond acceptors (Lipinski definition) is 3. The van der Waals surface area contributed by atoms with Gasteiger partial charge < -0.3 is 15.4 Å². The van der Waals surface area contributed by atoms with Gasteiger partial charge in [-0.15, -0.1) is 6.58 Å². The van der Waals surface area contributed by atoms with E-state index >= 15 is 0 Å². The summed E-state index contributed by atoms with van der Waals surface area (Å²) < 4.78 is 5.39. The lowest BCUT2D eigenvalue weighted by molar-refractivity contribution is -0.122. The summed E-state index contributed by atoms with van der Waals surface area (Å²) in [7, 11) is 0. The third-order valence-corrected chi connectivity index (χ3v) is 3.06. The second-order valence-corrected chi connectivity index (χ2v) is 4.76. The second kappa shape index (κ2) is 8.61. The molecule has 0 heterocycles. The first-order valence-electron chi connectivity index (χ1n) is 6.61. The highest BCUT2D eigenvalue weighted by Crippen LogP contribution is 2.27. The molecule has 1 aromatic rings. The minimum Gasteiger partial charge on any atom is -0.482 e. The van der Waals surface area contributed by atoms with Crippen LogP contribution >= 0.6 is 11.6 Å². The minimum atomic E-state index is -0.203. The molecule has 1 aromatic carbocycles. The lowest BCUT2D eigenvalue weighted by atomic mass is 10.1. The normalized spacial score (nSPS) is 11.8. The van der Waals surface area contributed by atoms with Crippen LogP contribution in [0.4, 0.5) is 0 Å². The van der Waals surface area contributed by atoms with Crippen molar-refractivity contribution in [3.63, 3.8) is 0 Å². The molecular weight excluding hydrogens is 276 g/mol. The predicted molar refractivity (Wildman–Crippen MR) is 82.2 cm³/mol. The van der Waals surface area contributed by atoms with Crippen molar-refractivity contribution in [1.82, 2.24) is 10.6 Å². The molecule has 5 heteroatoms. The van der Waals surface area contributed by atoms with Crippen molar-refractivity contribution in [1.29, 1.82) is 0 Å². The van der Waals surface area contributed by atoms with E-state index in [4.69, 9.17) is 16.3 Å². The van der Waals surface area contributed by atoms with E-state index in [1.54, 1.807) is 12.1 Å². The molecule has 0 aliphatic carbocycles. The van der Waals surface area contributed by atoms with Gasteiger partial charge in [0.15, 0.2) is 6.61 Å². The van der Waals surface area contributed by atoms with Crippen LogP contribution in [0.25, 0.3) is 0 Å². The lowest BCUT2D eigenvalue weighted by Crippen LogP contribution is -2.28. The van der Waals surface area contributed by atoms with E-state index in [0.717, 1.165) is 12.1 Å². The summed E-state index contributed by atoms with van der Waals surface area (Å²) in [5.74, 6) is 0.305. The third kappa shape index (κ3) is 5.23. The Hall–Kier alpha value is -1.52. The Balaban J connectivity index is 2.59. The van der Waals surface area contributed by atoms with Crippen molar-refractivity contribution in [2.45, 2.75) is 19.9 Å². The molecule has 1 rings (SSSR count).